The maximum atomic E-state index is 13.2. The van der Waals surface area contributed by atoms with Crippen LogP contribution in [0.15, 0.2) is 65.6 Å². The van der Waals surface area contributed by atoms with Crippen molar-refractivity contribution in [1.29, 1.82) is 0 Å². The molecule has 6 atom stereocenters. The van der Waals surface area contributed by atoms with Crippen LogP contribution in [0.1, 0.15) is 45.3 Å². The number of aliphatic hydroxyl groups excluding tert-OH is 1. The van der Waals surface area contributed by atoms with E-state index in [-0.39, 0.29) is 29.1 Å². The second-order valence-corrected chi connectivity index (χ2v) is 10.9. The summed E-state index contributed by atoms with van der Waals surface area (Å²) in [6.07, 6.45) is 0.979. The number of aliphatic hydroxyl groups is 1. The number of carbonyl (C=O) groups is 1. The average Bonchev–Trinajstić information content (AvgIpc) is 3.26. The van der Waals surface area contributed by atoms with E-state index in [1.807, 2.05) is 65.6 Å². The first-order valence-electron chi connectivity index (χ1n) is 10.8. The van der Waals surface area contributed by atoms with E-state index in [0.29, 0.717) is 5.92 Å². The van der Waals surface area contributed by atoms with Gasteiger partial charge in [-0.15, -0.1) is 0 Å². The third kappa shape index (κ3) is 2.75. The number of rotatable bonds is 5. The Bertz CT molecular complexity index is 934. The molecule has 158 valence electrons. The van der Waals surface area contributed by atoms with Gasteiger partial charge in [0.2, 0.25) is 0 Å². The van der Waals surface area contributed by atoms with E-state index in [2.05, 4.69) is 20.8 Å². The Morgan fingerprint density at radius 3 is 2.37 bits per heavy atom. The van der Waals surface area contributed by atoms with Gasteiger partial charge in [0.05, 0.1) is 6.04 Å². The molecular formula is C25H29NO3S. The Kier molecular flexibility index (Phi) is 4.67. The molecule has 1 amide bonds. The van der Waals surface area contributed by atoms with E-state index >= 15 is 0 Å². The summed E-state index contributed by atoms with van der Waals surface area (Å²) in [5.74, 6) is 0.376. The molecule has 0 radical (unpaired) electrons. The summed E-state index contributed by atoms with van der Waals surface area (Å²) in [4.78, 5) is 16.1. The van der Waals surface area contributed by atoms with Crippen molar-refractivity contribution in [1.82, 2.24) is 4.90 Å². The molecule has 2 aromatic rings. The van der Waals surface area contributed by atoms with Crippen molar-refractivity contribution >= 4 is 17.9 Å². The van der Waals surface area contributed by atoms with Gasteiger partial charge in [0, 0.05) is 10.3 Å². The Hall–Kier alpha value is -1.98. The molecule has 30 heavy (non-hydrogen) atoms. The Labute approximate surface area is 182 Å². The summed E-state index contributed by atoms with van der Waals surface area (Å²) >= 11 is 1.54. The molecule has 0 aromatic heterocycles. The number of thioether (sulfide) groups is 1. The van der Waals surface area contributed by atoms with Crippen molar-refractivity contribution in [3.05, 3.63) is 66.2 Å². The smallest absolute Gasteiger partial charge is 0.411 e. The van der Waals surface area contributed by atoms with Crippen molar-refractivity contribution in [3.63, 3.8) is 0 Å². The number of fused-ring (bicyclic) bond motifs is 5. The van der Waals surface area contributed by atoms with Crippen LogP contribution in [0.5, 0.6) is 0 Å². The third-order valence-electron chi connectivity index (χ3n) is 8.17. The summed E-state index contributed by atoms with van der Waals surface area (Å²) in [6, 6.07) is 19.7. The molecular weight excluding hydrogens is 394 g/mol. The summed E-state index contributed by atoms with van der Waals surface area (Å²) in [6.45, 7) is 6.92. The quantitative estimate of drug-likeness (QED) is 0.647. The van der Waals surface area contributed by atoms with E-state index in [1.165, 1.54) is 0 Å². The highest BCUT2D eigenvalue weighted by Gasteiger charge is 2.72. The fourth-order valence-electron chi connectivity index (χ4n) is 6.09. The number of amides is 1. The largest absolute Gasteiger partial charge is 0.443 e. The molecule has 0 spiro atoms. The van der Waals surface area contributed by atoms with Crippen molar-refractivity contribution in [3.8, 4) is 0 Å². The fraction of sp³-hybridized carbons (Fsp3) is 0.480. The van der Waals surface area contributed by atoms with Crippen LogP contribution >= 0.6 is 11.8 Å². The SMILES string of the molecule is CC1(C)[C@@H]2CC[C@@]1(C)[C@@H]1OC(=O)N([C@H](Sc3ccccc3)[C@H](O)c3ccccc3)[C@H]21. The monoisotopic (exact) mass is 423 g/mol. The highest BCUT2D eigenvalue weighted by molar-refractivity contribution is 8.00. The summed E-state index contributed by atoms with van der Waals surface area (Å²) < 4.78 is 6.04. The summed E-state index contributed by atoms with van der Waals surface area (Å²) in [5.41, 5.74) is 0.892. The third-order valence-corrected chi connectivity index (χ3v) is 9.44. The molecule has 5 heteroatoms. The molecule has 2 bridgehead atoms. The molecule has 0 unspecified atom stereocenters. The zero-order chi connectivity index (χ0) is 21.1. The fourth-order valence-corrected chi connectivity index (χ4v) is 7.31. The average molecular weight is 424 g/mol. The first-order valence-corrected chi connectivity index (χ1v) is 11.7. The van der Waals surface area contributed by atoms with Gasteiger partial charge >= 0.3 is 6.09 Å². The Morgan fingerprint density at radius 2 is 1.70 bits per heavy atom. The van der Waals surface area contributed by atoms with E-state index in [4.69, 9.17) is 4.74 Å². The maximum Gasteiger partial charge on any atom is 0.411 e. The molecule has 5 rings (SSSR count). The summed E-state index contributed by atoms with van der Waals surface area (Å²) in [5, 5.41) is 11.0. The normalized spacial score (nSPS) is 33.3. The number of nitrogens with zero attached hydrogens (tertiary/aromatic N) is 1. The van der Waals surface area contributed by atoms with Gasteiger partial charge in [-0.25, -0.2) is 4.79 Å². The number of benzene rings is 2. The number of hydrogen-bond donors (Lipinski definition) is 1. The zero-order valence-corrected chi connectivity index (χ0v) is 18.5. The van der Waals surface area contributed by atoms with Gasteiger partial charge in [-0.1, -0.05) is 81.1 Å². The topological polar surface area (TPSA) is 49.8 Å². The zero-order valence-electron chi connectivity index (χ0n) is 17.7. The lowest BCUT2D eigenvalue weighted by Crippen LogP contribution is -2.48. The van der Waals surface area contributed by atoms with Crippen molar-refractivity contribution < 1.29 is 14.6 Å². The maximum absolute atomic E-state index is 13.2. The van der Waals surface area contributed by atoms with Gasteiger partial charge in [0.25, 0.3) is 0 Å². The van der Waals surface area contributed by atoms with Crippen LogP contribution in [0.4, 0.5) is 4.79 Å². The highest BCUT2D eigenvalue weighted by Crippen LogP contribution is 2.69. The molecule has 2 aromatic carbocycles. The van der Waals surface area contributed by atoms with Crippen molar-refractivity contribution in [2.45, 2.75) is 62.1 Å². The van der Waals surface area contributed by atoms with Gasteiger partial charge in [-0.2, -0.15) is 0 Å². The van der Waals surface area contributed by atoms with Crippen LogP contribution in [0.25, 0.3) is 0 Å². The van der Waals surface area contributed by atoms with Gasteiger partial charge in [0.1, 0.15) is 17.6 Å². The minimum atomic E-state index is -0.808. The van der Waals surface area contributed by atoms with Gasteiger partial charge in [0.15, 0.2) is 0 Å². The first-order chi connectivity index (χ1) is 14.3. The molecule has 2 aliphatic carbocycles. The predicted octanol–water partition coefficient (Wildman–Crippen LogP) is 5.48. The molecule has 1 aliphatic heterocycles. The lowest BCUT2D eigenvalue weighted by molar-refractivity contribution is 0.0142. The van der Waals surface area contributed by atoms with Crippen molar-refractivity contribution in [2.75, 3.05) is 0 Å². The Balaban J connectivity index is 1.55. The molecule has 1 saturated heterocycles. The predicted molar refractivity (Wildman–Crippen MR) is 118 cm³/mol. The minimum Gasteiger partial charge on any atom is -0.443 e. The molecule has 1 N–H and O–H groups in total. The van der Waals surface area contributed by atoms with Crippen LogP contribution < -0.4 is 0 Å². The summed E-state index contributed by atoms with van der Waals surface area (Å²) in [7, 11) is 0. The first kappa shape index (κ1) is 20.0. The molecule has 2 saturated carbocycles. The van der Waals surface area contributed by atoms with Crippen LogP contribution in [0, 0.1) is 16.7 Å². The van der Waals surface area contributed by atoms with E-state index in [1.54, 1.807) is 11.8 Å². The second kappa shape index (κ2) is 7.03. The number of carbonyl (C=O) groups excluding carboxylic acids is 1. The van der Waals surface area contributed by atoms with Gasteiger partial charge in [-0.3, -0.25) is 4.90 Å². The molecule has 1 heterocycles. The van der Waals surface area contributed by atoms with Crippen LogP contribution in [-0.2, 0) is 4.74 Å². The highest BCUT2D eigenvalue weighted by atomic mass is 32.2. The van der Waals surface area contributed by atoms with Crippen LogP contribution in [0.2, 0.25) is 0 Å². The van der Waals surface area contributed by atoms with E-state index in [9.17, 15) is 9.90 Å². The molecule has 3 fully saturated rings. The minimum absolute atomic E-state index is 0.00539. The van der Waals surface area contributed by atoms with Gasteiger partial charge in [-0.05, 0) is 41.9 Å². The van der Waals surface area contributed by atoms with Crippen LogP contribution in [0.3, 0.4) is 0 Å². The molecule has 3 aliphatic rings. The lowest BCUT2D eigenvalue weighted by Gasteiger charge is -2.37. The van der Waals surface area contributed by atoms with E-state index in [0.717, 1.165) is 23.3 Å². The van der Waals surface area contributed by atoms with Crippen LogP contribution in [-0.4, -0.2) is 33.6 Å². The van der Waals surface area contributed by atoms with Crippen molar-refractivity contribution in [2.24, 2.45) is 16.7 Å². The second-order valence-electron chi connectivity index (χ2n) is 9.66. The number of hydrogen-bond acceptors (Lipinski definition) is 4. The lowest BCUT2D eigenvalue weighted by atomic mass is 9.70. The van der Waals surface area contributed by atoms with Gasteiger partial charge < -0.3 is 9.84 Å². The molecule has 4 nitrogen and oxygen atoms in total. The number of ether oxygens (including phenoxy) is 1. The standard InChI is InChI=1S/C25H29NO3S/c1-24(2)18-14-15-25(24,3)21-19(18)26(23(28)29-21)22(30-17-12-8-5-9-13-17)20(27)16-10-6-4-7-11-16/h4-13,18-22,27H,14-15H2,1-3H3/t18-,19-,20-,21-,22-,25+/m1/s1. The van der Waals surface area contributed by atoms with E-state index < -0.39 is 11.5 Å². The Morgan fingerprint density at radius 1 is 1.07 bits per heavy atom.